The fourth-order valence-corrected chi connectivity index (χ4v) is 4.78. The number of benzene rings is 2. The van der Waals surface area contributed by atoms with Crippen LogP contribution in [0.15, 0.2) is 65.8 Å². The number of likely N-dealkylation sites (tertiary alicyclic amines) is 1. The molecule has 1 atom stereocenters. The highest BCUT2D eigenvalue weighted by Crippen LogP contribution is 2.34. The number of aromatic amines is 1. The van der Waals surface area contributed by atoms with Gasteiger partial charge in [0.05, 0.1) is 16.6 Å². The first-order valence-corrected chi connectivity index (χ1v) is 11.4. The van der Waals surface area contributed by atoms with E-state index in [1.165, 1.54) is 11.8 Å². The lowest BCUT2D eigenvalue weighted by molar-refractivity contribution is -0.134. The van der Waals surface area contributed by atoms with Crippen LogP contribution in [0.1, 0.15) is 19.8 Å². The van der Waals surface area contributed by atoms with Gasteiger partial charge in [0, 0.05) is 30.1 Å². The largest absolute Gasteiger partial charge is 0.369 e. The molecule has 1 aliphatic rings. The smallest absolute Gasteiger partial charge is 0.235 e. The monoisotopic (exact) mass is 434 g/mol. The molecule has 6 nitrogen and oxygen atoms in total. The van der Waals surface area contributed by atoms with Crippen LogP contribution in [-0.4, -0.2) is 45.0 Å². The van der Waals surface area contributed by atoms with Crippen molar-refractivity contribution in [2.75, 3.05) is 13.1 Å². The summed E-state index contributed by atoms with van der Waals surface area (Å²) in [6.07, 6.45) is 1.27. The lowest BCUT2D eigenvalue weighted by atomic mass is 9.96. The van der Waals surface area contributed by atoms with Gasteiger partial charge >= 0.3 is 0 Å². The molecule has 0 radical (unpaired) electrons. The van der Waals surface area contributed by atoms with Crippen molar-refractivity contribution in [2.45, 2.75) is 30.2 Å². The molecule has 0 saturated carbocycles. The van der Waals surface area contributed by atoms with Crippen molar-refractivity contribution in [3.8, 4) is 22.5 Å². The quantitative estimate of drug-likeness (QED) is 0.575. The lowest BCUT2D eigenvalue weighted by Gasteiger charge is -2.32. The molecule has 0 aliphatic carbocycles. The van der Waals surface area contributed by atoms with E-state index in [1.807, 2.05) is 72.5 Å². The summed E-state index contributed by atoms with van der Waals surface area (Å²) in [6.45, 7) is 3.04. The Bertz CT molecular complexity index is 987. The summed E-state index contributed by atoms with van der Waals surface area (Å²) in [5.74, 6) is -0.335. The maximum atomic E-state index is 13.0. The van der Waals surface area contributed by atoms with Crippen molar-refractivity contribution in [2.24, 2.45) is 11.7 Å². The summed E-state index contributed by atoms with van der Waals surface area (Å²) in [4.78, 5) is 34.4. The molecule has 2 aromatic carbocycles. The van der Waals surface area contributed by atoms with Gasteiger partial charge in [-0.05, 0) is 19.8 Å². The summed E-state index contributed by atoms with van der Waals surface area (Å²) >= 11 is 1.43. The van der Waals surface area contributed by atoms with Crippen molar-refractivity contribution in [3.63, 3.8) is 0 Å². The van der Waals surface area contributed by atoms with Gasteiger partial charge in [-0.25, -0.2) is 4.98 Å². The van der Waals surface area contributed by atoms with Crippen molar-refractivity contribution in [3.05, 3.63) is 60.7 Å². The zero-order chi connectivity index (χ0) is 21.8. The number of H-pyrrole nitrogens is 1. The van der Waals surface area contributed by atoms with Gasteiger partial charge < -0.3 is 15.6 Å². The third-order valence-corrected chi connectivity index (χ3v) is 6.61. The molecular formula is C24H26N4O2S. The molecule has 7 heteroatoms. The first-order chi connectivity index (χ1) is 15.0. The number of thioether (sulfide) groups is 1. The molecule has 1 aromatic heterocycles. The van der Waals surface area contributed by atoms with Crippen LogP contribution in [0, 0.1) is 5.92 Å². The first-order valence-electron chi connectivity index (χ1n) is 10.5. The minimum Gasteiger partial charge on any atom is -0.369 e. The molecule has 2 heterocycles. The van der Waals surface area contributed by atoms with E-state index in [-0.39, 0.29) is 23.0 Å². The minimum absolute atomic E-state index is 0.0619. The van der Waals surface area contributed by atoms with Gasteiger partial charge in [0.2, 0.25) is 11.8 Å². The van der Waals surface area contributed by atoms with E-state index in [9.17, 15) is 9.59 Å². The third-order valence-electron chi connectivity index (χ3n) is 5.64. The number of rotatable bonds is 6. The molecule has 1 fully saturated rings. The molecule has 3 N–H and O–H groups in total. The van der Waals surface area contributed by atoms with Crippen molar-refractivity contribution in [1.29, 1.82) is 0 Å². The predicted octanol–water partition coefficient (Wildman–Crippen LogP) is 3.95. The Balaban J connectivity index is 1.53. The summed E-state index contributed by atoms with van der Waals surface area (Å²) < 4.78 is 0. The second-order valence-corrected chi connectivity index (χ2v) is 9.09. The number of carbonyl (C=O) groups excluding carboxylic acids is 2. The van der Waals surface area contributed by atoms with Crippen LogP contribution in [0.3, 0.4) is 0 Å². The first kappa shape index (κ1) is 21.2. The molecule has 1 saturated heterocycles. The Morgan fingerprint density at radius 1 is 1.03 bits per heavy atom. The topological polar surface area (TPSA) is 92.1 Å². The fourth-order valence-electron chi connectivity index (χ4n) is 3.89. The molecule has 2 amide bonds. The number of primary amides is 1. The number of nitrogens with zero attached hydrogens (tertiary/aromatic N) is 2. The Labute approximate surface area is 186 Å². The summed E-state index contributed by atoms with van der Waals surface area (Å²) in [5.41, 5.74) is 9.29. The van der Waals surface area contributed by atoms with Gasteiger partial charge in [-0.15, -0.1) is 0 Å². The Kier molecular flexibility index (Phi) is 6.42. The minimum atomic E-state index is -0.288. The molecule has 4 rings (SSSR count). The number of nitrogens with two attached hydrogens (primary N) is 1. The van der Waals surface area contributed by atoms with Crippen LogP contribution in [0.2, 0.25) is 0 Å². The highest BCUT2D eigenvalue weighted by atomic mass is 32.2. The van der Waals surface area contributed by atoms with Gasteiger partial charge in [0.15, 0.2) is 5.16 Å². The van der Waals surface area contributed by atoms with Gasteiger partial charge in [-0.2, -0.15) is 0 Å². The zero-order valence-electron chi connectivity index (χ0n) is 17.5. The van der Waals surface area contributed by atoms with E-state index >= 15 is 0 Å². The van der Waals surface area contributed by atoms with E-state index in [2.05, 4.69) is 4.98 Å². The standard InChI is InChI=1S/C24H26N4O2S/c1-16(23(30)28-14-12-19(13-15-28)22(25)29)31-24-26-20(17-8-4-2-5-9-17)21(27-24)18-10-6-3-7-11-18/h2-11,16,19H,12-15H2,1H3,(H2,25,29)(H,26,27). The summed E-state index contributed by atoms with van der Waals surface area (Å²) in [7, 11) is 0. The highest BCUT2D eigenvalue weighted by molar-refractivity contribution is 8.00. The number of nitrogens with one attached hydrogen (secondary N) is 1. The van der Waals surface area contributed by atoms with E-state index < -0.39 is 0 Å². The fraction of sp³-hybridized carbons (Fsp3) is 0.292. The second kappa shape index (κ2) is 9.39. The number of imidazole rings is 1. The molecule has 1 aliphatic heterocycles. The SMILES string of the molecule is CC(Sc1nc(-c2ccccc2)c(-c2ccccc2)[nH]1)C(=O)N1CCC(C(N)=O)CC1. The predicted molar refractivity (Wildman–Crippen MR) is 123 cm³/mol. The Morgan fingerprint density at radius 2 is 1.61 bits per heavy atom. The number of amides is 2. The molecule has 3 aromatic rings. The average Bonchev–Trinajstić information content (AvgIpc) is 3.23. The maximum Gasteiger partial charge on any atom is 0.235 e. The highest BCUT2D eigenvalue weighted by Gasteiger charge is 2.29. The zero-order valence-corrected chi connectivity index (χ0v) is 18.3. The van der Waals surface area contributed by atoms with E-state index in [4.69, 9.17) is 10.7 Å². The third kappa shape index (κ3) is 4.82. The van der Waals surface area contributed by atoms with Crippen molar-refractivity contribution in [1.82, 2.24) is 14.9 Å². The van der Waals surface area contributed by atoms with Crippen LogP contribution < -0.4 is 5.73 Å². The van der Waals surface area contributed by atoms with E-state index in [1.54, 1.807) is 0 Å². The van der Waals surface area contributed by atoms with Gasteiger partial charge in [-0.1, -0.05) is 72.4 Å². The number of piperidine rings is 1. The van der Waals surface area contributed by atoms with Crippen LogP contribution >= 0.6 is 11.8 Å². The molecule has 0 spiro atoms. The number of hydrogen-bond acceptors (Lipinski definition) is 4. The van der Waals surface area contributed by atoms with Gasteiger partial charge in [0.25, 0.3) is 0 Å². The molecule has 1 unspecified atom stereocenters. The number of carbonyl (C=O) groups is 2. The van der Waals surface area contributed by atoms with Crippen molar-refractivity contribution < 1.29 is 9.59 Å². The normalized spacial score (nSPS) is 15.6. The molecule has 0 bridgehead atoms. The molecule has 160 valence electrons. The van der Waals surface area contributed by atoms with E-state index in [0.29, 0.717) is 31.1 Å². The van der Waals surface area contributed by atoms with Gasteiger partial charge in [-0.3, -0.25) is 9.59 Å². The van der Waals surface area contributed by atoms with Crippen molar-refractivity contribution >= 4 is 23.6 Å². The van der Waals surface area contributed by atoms with Crippen LogP contribution in [0.4, 0.5) is 0 Å². The second-order valence-electron chi connectivity index (χ2n) is 7.76. The van der Waals surface area contributed by atoms with E-state index in [0.717, 1.165) is 22.5 Å². The van der Waals surface area contributed by atoms with Crippen LogP contribution in [-0.2, 0) is 9.59 Å². The van der Waals surface area contributed by atoms with Crippen LogP contribution in [0.5, 0.6) is 0 Å². The van der Waals surface area contributed by atoms with Gasteiger partial charge in [0.1, 0.15) is 0 Å². The average molecular weight is 435 g/mol. The Morgan fingerprint density at radius 3 is 2.19 bits per heavy atom. The maximum absolute atomic E-state index is 13.0. The number of aromatic nitrogens is 2. The summed E-state index contributed by atoms with van der Waals surface area (Å²) in [5, 5.41) is 0.425. The Hall–Kier alpha value is -3.06. The molecule has 31 heavy (non-hydrogen) atoms. The summed E-state index contributed by atoms with van der Waals surface area (Å²) in [6, 6.07) is 20.1. The lowest BCUT2D eigenvalue weighted by Crippen LogP contribution is -2.44. The molecular weight excluding hydrogens is 408 g/mol. The van der Waals surface area contributed by atoms with Crippen LogP contribution in [0.25, 0.3) is 22.5 Å². The number of hydrogen-bond donors (Lipinski definition) is 2.